The monoisotopic (exact) mass is 246 g/mol. The highest BCUT2D eigenvalue weighted by atomic mass is 16.2. The highest BCUT2D eigenvalue weighted by Crippen LogP contribution is 2.18. The van der Waals surface area contributed by atoms with E-state index in [-0.39, 0.29) is 6.03 Å². The lowest BCUT2D eigenvalue weighted by molar-refractivity contribution is 0.208. The number of benzene rings is 1. The van der Waals surface area contributed by atoms with Crippen LogP contribution in [0.5, 0.6) is 0 Å². The minimum Gasteiger partial charge on any atom is -0.324 e. The number of carbonyl (C=O) groups is 1. The third-order valence-corrected chi connectivity index (χ3v) is 3.55. The molecule has 3 heteroatoms. The summed E-state index contributed by atoms with van der Waals surface area (Å²) in [5.41, 5.74) is 2.16. The average Bonchev–Trinajstić information content (AvgIpc) is 2.66. The van der Waals surface area contributed by atoms with Crippen molar-refractivity contribution in [3.05, 3.63) is 29.8 Å². The molecule has 1 aliphatic heterocycles. The quantitative estimate of drug-likeness (QED) is 0.744. The number of aryl methyl sites for hydroxylation is 1. The molecule has 0 aromatic heterocycles. The summed E-state index contributed by atoms with van der Waals surface area (Å²) in [6, 6.07) is 8.21. The van der Waals surface area contributed by atoms with Gasteiger partial charge in [-0.05, 0) is 37.5 Å². The van der Waals surface area contributed by atoms with Crippen LogP contribution < -0.4 is 4.90 Å². The van der Waals surface area contributed by atoms with Crippen molar-refractivity contribution in [3.8, 4) is 0 Å². The van der Waals surface area contributed by atoms with Gasteiger partial charge in [0.1, 0.15) is 0 Å². The average molecular weight is 246 g/mol. The molecule has 1 saturated heterocycles. The van der Waals surface area contributed by atoms with Crippen molar-refractivity contribution in [1.82, 2.24) is 4.90 Å². The summed E-state index contributed by atoms with van der Waals surface area (Å²) in [6.07, 6.45) is 4.76. The lowest BCUT2D eigenvalue weighted by Gasteiger charge is -2.27. The highest BCUT2D eigenvalue weighted by Gasteiger charge is 2.19. The number of likely N-dealkylation sites (tertiary alicyclic amines) is 1. The summed E-state index contributed by atoms with van der Waals surface area (Å²) in [7, 11) is 1.86. The maximum absolute atomic E-state index is 12.4. The Hall–Kier alpha value is -1.51. The predicted octanol–water partition coefficient (Wildman–Crippen LogP) is 3.43. The topological polar surface area (TPSA) is 23.6 Å². The van der Waals surface area contributed by atoms with Gasteiger partial charge >= 0.3 is 6.03 Å². The molecule has 0 spiro atoms. The summed E-state index contributed by atoms with van der Waals surface area (Å²) in [4.78, 5) is 16.2. The molecule has 0 aliphatic carbocycles. The minimum atomic E-state index is 0.127. The molecule has 1 aliphatic rings. The van der Waals surface area contributed by atoms with Gasteiger partial charge in [-0.25, -0.2) is 4.79 Å². The smallest absolute Gasteiger partial charge is 0.324 e. The lowest BCUT2D eigenvalue weighted by Crippen LogP contribution is -2.41. The van der Waals surface area contributed by atoms with E-state index in [4.69, 9.17) is 0 Å². The lowest BCUT2D eigenvalue weighted by atomic mass is 10.2. The third-order valence-electron chi connectivity index (χ3n) is 3.55. The molecule has 18 heavy (non-hydrogen) atoms. The van der Waals surface area contributed by atoms with Crippen LogP contribution in [0.25, 0.3) is 0 Å². The summed E-state index contributed by atoms with van der Waals surface area (Å²) in [6.45, 7) is 3.84. The highest BCUT2D eigenvalue weighted by molar-refractivity contribution is 5.91. The van der Waals surface area contributed by atoms with E-state index in [1.54, 1.807) is 4.90 Å². The molecule has 0 saturated carbocycles. The van der Waals surface area contributed by atoms with E-state index in [1.165, 1.54) is 18.4 Å². The van der Waals surface area contributed by atoms with Crippen LogP contribution in [0.3, 0.4) is 0 Å². The van der Waals surface area contributed by atoms with Crippen molar-refractivity contribution in [2.75, 3.05) is 25.0 Å². The van der Waals surface area contributed by atoms with Crippen LogP contribution in [0.4, 0.5) is 10.5 Å². The maximum atomic E-state index is 12.4. The maximum Gasteiger partial charge on any atom is 0.324 e. The Morgan fingerprint density at radius 1 is 1.17 bits per heavy atom. The van der Waals surface area contributed by atoms with Gasteiger partial charge < -0.3 is 4.90 Å². The van der Waals surface area contributed by atoms with E-state index in [9.17, 15) is 4.79 Å². The zero-order chi connectivity index (χ0) is 13.0. The molecule has 1 aromatic rings. The molecule has 0 bridgehead atoms. The Morgan fingerprint density at radius 2 is 1.83 bits per heavy atom. The van der Waals surface area contributed by atoms with Gasteiger partial charge in [-0.2, -0.15) is 0 Å². The van der Waals surface area contributed by atoms with E-state index in [1.807, 2.05) is 37.1 Å². The molecule has 0 N–H and O–H groups in total. The fourth-order valence-electron chi connectivity index (χ4n) is 2.42. The van der Waals surface area contributed by atoms with Crippen molar-refractivity contribution < 1.29 is 4.79 Å². The van der Waals surface area contributed by atoms with E-state index in [2.05, 4.69) is 6.07 Å². The number of nitrogens with zero attached hydrogens (tertiary/aromatic N) is 2. The van der Waals surface area contributed by atoms with Gasteiger partial charge in [-0.1, -0.05) is 25.0 Å². The molecule has 2 amide bonds. The van der Waals surface area contributed by atoms with Crippen LogP contribution in [0, 0.1) is 6.92 Å². The van der Waals surface area contributed by atoms with Gasteiger partial charge in [0.25, 0.3) is 0 Å². The molecule has 0 radical (unpaired) electrons. The Morgan fingerprint density at radius 3 is 2.44 bits per heavy atom. The number of amides is 2. The fourth-order valence-corrected chi connectivity index (χ4v) is 2.42. The first kappa shape index (κ1) is 12.9. The Bertz CT molecular complexity index is 409. The van der Waals surface area contributed by atoms with E-state index < -0.39 is 0 Å². The van der Waals surface area contributed by atoms with Crippen LogP contribution in [0.1, 0.15) is 31.2 Å². The van der Waals surface area contributed by atoms with Crippen molar-refractivity contribution >= 4 is 11.7 Å². The number of rotatable bonds is 1. The Kier molecular flexibility index (Phi) is 4.24. The number of hydrogen-bond acceptors (Lipinski definition) is 1. The molecule has 1 heterocycles. The Balaban J connectivity index is 2.07. The van der Waals surface area contributed by atoms with Crippen molar-refractivity contribution in [3.63, 3.8) is 0 Å². The van der Waals surface area contributed by atoms with Crippen molar-refractivity contribution in [2.45, 2.75) is 32.6 Å². The van der Waals surface area contributed by atoms with Crippen LogP contribution >= 0.6 is 0 Å². The second kappa shape index (κ2) is 5.89. The summed E-state index contributed by atoms with van der Waals surface area (Å²) >= 11 is 0. The first-order valence-electron chi connectivity index (χ1n) is 6.78. The largest absolute Gasteiger partial charge is 0.324 e. The fraction of sp³-hybridized carbons (Fsp3) is 0.533. The zero-order valence-electron chi connectivity index (χ0n) is 11.4. The third kappa shape index (κ3) is 3.03. The van der Waals surface area contributed by atoms with Crippen LogP contribution in [-0.2, 0) is 0 Å². The molecular formula is C15H22N2O. The molecule has 3 nitrogen and oxygen atoms in total. The number of hydrogen-bond donors (Lipinski definition) is 0. The first-order chi connectivity index (χ1) is 8.68. The summed E-state index contributed by atoms with van der Waals surface area (Å²) < 4.78 is 0. The van der Waals surface area contributed by atoms with Gasteiger partial charge in [-0.3, -0.25) is 4.90 Å². The molecular weight excluding hydrogens is 224 g/mol. The normalized spacial score (nSPS) is 16.2. The predicted molar refractivity (Wildman–Crippen MR) is 75.0 cm³/mol. The van der Waals surface area contributed by atoms with Gasteiger partial charge in [0.15, 0.2) is 0 Å². The first-order valence-corrected chi connectivity index (χ1v) is 6.78. The molecule has 0 unspecified atom stereocenters. The molecule has 98 valence electrons. The van der Waals surface area contributed by atoms with Gasteiger partial charge in [0.2, 0.25) is 0 Å². The van der Waals surface area contributed by atoms with Gasteiger partial charge in [-0.15, -0.1) is 0 Å². The van der Waals surface area contributed by atoms with Gasteiger partial charge in [0.05, 0.1) is 0 Å². The van der Waals surface area contributed by atoms with Crippen LogP contribution in [0.15, 0.2) is 24.3 Å². The zero-order valence-corrected chi connectivity index (χ0v) is 11.4. The molecule has 0 atom stereocenters. The SMILES string of the molecule is Cc1cccc(N(C)C(=O)N2CCCCCC2)c1. The second-order valence-corrected chi connectivity index (χ2v) is 5.08. The summed E-state index contributed by atoms with van der Waals surface area (Å²) in [5.74, 6) is 0. The van der Waals surface area contributed by atoms with E-state index >= 15 is 0 Å². The van der Waals surface area contributed by atoms with Crippen molar-refractivity contribution in [1.29, 1.82) is 0 Å². The van der Waals surface area contributed by atoms with Crippen LogP contribution in [-0.4, -0.2) is 31.1 Å². The molecule has 2 rings (SSSR count). The minimum absolute atomic E-state index is 0.127. The van der Waals surface area contributed by atoms with E-state index in [0.29, 0.717) is 0 Å². The van der Waals surface area contributed by atoms with Crippen molar-refractivity contribution in [2.24, 2.45) is 0 Å². The Labute approximate surface area is 109 Å². The standard InChI is InChI=1S/C15H22N2O/c1-13-8-7-9-14(12-13)16(2)15(18)17-10-5-3-4-6-11-17/h7-9,12H,3-6,10-11H2,1-2H3. The van der Waals surface area contributed by atoms with Gasteiger partial charge in [0, 0.05) is 25.8 Å². The number of anilines is 1. The second-order valence-electron chi connectivity index (χ2n) is 5.08. The molecule has 1 aromatic carbocycles. The van der Waals surface area contributed by atoms with E-state index in [0.717, 1.165) is 31.6 Å². The number of urea groups is 1. The number of carbonyl (C=O) groups excluding carboxylic acids is 1. The summed E-state index contributed by atoms with van der Waals surface area (Å²) in [5, 5.41) is 0. The molecule has 1 fully saturated rings. The van der Waals surface area contributed by atoms with Crippen LogP contribution in [0.2, 0.25) is 0 Å².